The predicted octanol–water partition coefficient (Wildman–Crippen LogP) is 1.83. The Morgan fingerprint density at radius 1 is 1.04 bits per heavy atom. The van der Waals surface area contributed by atoms with E-state index in [1.807, 2.05) is 30.5 Å². The zero-order valence-electron chi connectivity index (χ0n) is 15.4. The molecule has 3 rings (SSSR count). The molecule has 0 aliphatic carbocycles. The Hall–Kier alpha value is -2.50. The lowest BCUT2D eigenvalue weighted by Gasteiger charge is -2.12. The molecule has 0 aliphatic heterocycles. The Morgan fingerprint density at radius 2 is 1.85 bits per heavy atom. The number of hydrogen-bond donors (Lipinski definition) is 2. The maximum absolute atomic E-state index is 10.3. The molecule has 3 N–H and O–H groups in total. The fraction of sp³-hybridized carbons (Fsp3) is 0.333. The van der Waals surface area contributed by atoms with Crippen molar-refractivity contribution in [3.63, 3.8) is 0 Å². The summed E-state index contributed by atoms with van der Waals surface area (Å²) in [6, 6.07) is 16.3. The highest BCUT2D eigenvalue weighted by Crippen LogP contribution is 2.27. The molecule has 5 nitrogen and oxygen atoms in total. The lowest BCUT2D eigenvalue weighted by molar-refractivity contribution is -0.660. The zero-order chi connectivity index (χ0) is 18.4. The number of rotatable bonds is 9. The summed E-state index contributed by atoms with van der Waals surface area (Å²) in [5, 5.41) is 13.7. The van der Waals surface area contributed by atoms with Crippen LogP contribution in [0.4, 0.5) is 0 Å². The van der Waals surface area contributed by atoms with Crippen molar-refractivity contribution >= 4 is 10.9 Å². The van der Waals surface area contributed by atoms with Crippen LogP contribution in [0.5, 0.6) is 11.5 Å². The highest BCUT2D eigenvalue weighted by Gasteiger charge is 2.10. The van der Waals surface area contributed by atoms with E-state index in [-0.39, 0.29) is 6.10 Å². The van der Waals surface area contributed by atoms with Gasteiger partial charge in [0.2, 0.25) is 0 Å². The number of nitrogens with zero attached hydrogens (tertiary/aromatic N) is 1. The van der Waals surface area contributed by atoms with Crippen LogP contribution < -0.4 is 14.8 Å². The van der Waals surface area contributed by atoms with E-state index in [9.17, 15) is 5.11 Å². The fourth-order valence-electron chi connectivity index (χ4n) is 3.22. The van der Waals surface area contributed by atoms with Gasteiger partial charge in [-0.15, -0.1) is 0 Å². The summed E-state index contributed by atoms with van der Waals surface area (Å²) in [5.74, 6) is 1.50. The minimum Gasteiger partial charge on any atom is -0.493 e. The summed E-state index contributed by atoms with van der Waals surface area (Å²) in [6.45, 7) is 2.21. The van der Waals surface area contributed by atoms with Gasteiger partial charge in [0, 0.05) is 18.1 Å². The summed E-state index contributed by atoms with van der Waals surface area (Å²) in [5.41, 5.74) is 2.36. The van der Waals surface area contributed by atoms with Gasteiger partial charge in [-0.05, 0) is 35.2 Å². The number of para-hydroxylation sites is 1. The topological polar surface area (TPSA) is 60.2 Å². The highest BCUT2D eigenvalue weighted by molar-refractivity contribution is 5.79. The molecule has 0 spiro atoms. The zero-order valence-corrected chi connectivity index (χ0v) is 15.4. The Morgan fingerprint density at radius 3 is 2.65 bits per heavy atom. The molecule has 1 heterocycles. The summed E-state index contributed by atoms with van der Waals surface area (Å²) in [7, 11) is 3.29. The van der Waals surface area contributed by atoms with Crippen LogP contribution in [0.1, 0.15) is 5.56 Å². The van der Waals surface area contributed by atoms with Crippen molar-refractivity contribution in [1.29, 1.82) is 0 Å². The van der Waals surface area contributed by atoms with Gasteiger partial charge >= 0.3 is 0 Å². The van der Waals surface area contributed by atoms with Crippen molar-refractivity contribution < 1.29 is 19.9 Å². The van der Waals surface area contributed by atoms with E-state index in [2.05, 4.69) is 34.1 Å². The van der Waals surface area contributed by atoms with Crippen molar-refractivity contribution in [1.82, 2.24) is 4.57 Å². The maximum atomic E-state index is 10.3. The molecule has 0 saturated carbocycles. The second kappa shape index (κ2) is 8.74. The first-order valence-electron chi connectivity index (χ1n) is 8.95. The van der Waals surface area contributed by atoms with Gasteiger partial charge in [-0.2, -0.15) is 0 Å². The molecule has 0 fully saturated rings. The number of aliphatic hydroxyl groups is 1. The van der Waals surface area contributed by atoms with E-state index in [1.165, 1.54) is 10.9 Å². The van der Waals surface area contributed by atoms with E-state index < -0.39 is 0 Å². The lowest BCUT2D eigenvalue weighted by atomic mass is 10.1. The first-order chi connectivity index (χ1) is 12.7. The van der Waals surface area contributed by atoms with Crippen LogP contribution >= 0.6 is 0 Å². The number of methoxy groups -OCH3 is 2. The molecule has 1 atom stereocenters. The largest absolute Gasteiger partial charge is 0.493 e. The molecule has 0 radical (unpaired) electrons. The molecule has 0 amide bonds. The maximum Gasteiger partial charge on any atom is 0.160 e. The van der Waals surface area contributed by atoms with E-state index >= 15 is 0 Å². The molecule has 0 bridgehead atoms. The van der Waals surface area contributed by atoms with Crippen LogP contribution in [0.2, 0.25) is 0 Å². The van der Waals surface area contributed by atoms with Crippen molar-refractivity contribution in [2.24, 2.45) is 0 Å². The smallest absolute Gasteiger partial charge is 0.160 e. The minimum absolute atomic E-state index is 0.379. The summed E-state index contributed by atoms with van der Waals surface area (Å²) in [6.07, 6.45) is 2.58. The first kappa shape index (κ1) is 18.3. The Kier molecular flexibility index (Phi) is 6.15. The molecule has 138 valence electrons. The van der Waals surface area contributed by atoms with Gasteiger partial charge in [0.1, 0.15) is 12.6 Å². The van der Waals surface area contributed by atoms with Crippen LogP contribution in [0, 0.1) is 0 Å². The van der Waals surface area contributed by atoms with E-state index in [0.29, 0.717) is 13.1 Å². The standard InChI is InChI=1S/C21H26N2O3/c1-25-20-8-7-16(13-21(20)26-2)9-11-22-14-18(24)15-23-12-10-17-5-3-4-6-19(17)23/h3-8,10,12-13,18,22,24H,9,11,14-15H2,1-2H3/p+1/t18-/m1/s1. The molecule has 5 heteroatoms. The third-order valence-corrected chi connectivity index (χ3v) is 4.61. The second-order valence-electron chi connectivity index (χ2n) is 6.43. The Labute approximate surface area is 154 Å². The first-order valence-corrected chi connectivity index (χ1v) is 8.95. The molecule has 3 aromatic rings. The van der Waals surface area contributed by atoms with Gasteiger partial charge in [0.05, 0.1) is 27.3 Å². The average Bonchev–Trinajstić information content (AvgIpc) is 3.08. The van der Waals surface area contributed by atoms with Crippen molar-refractivity contribution in [3.05, 3.63) is 60.3 Å². The predicted molar refractivity (Wildman–Crippen MR) is 103 cm³/mol. The third-order valence-electron chi connectivity index (χ3n) is 4.61. The van der Waals surface area contributed by atoms with Gasteiger partial charge in [0.15, 0.2) is 11.5 Å². The Bertz CT molecular complexity index is 844. The minimum atomic E-state index is -0.379. The third kappa shape index (κ3) is 4.36. The number of quaternary nitrogens is 1. The summed E-state index contributed by atoms with van der Waals surface area (Å²) in [4.78, 5) is 0. The average molecular weight is 355 g/mol. The van der Waals surface area contributed by atoms with Gasteiger partial charge in [-0.3, -0.25) is 0 Å². The van der Waals surface area contributed by atoms with Crippen molar-refractivity contribution in [2.75, 3.05) is 27.3 Å². The summed E-state index contributed by atoms with van der Waals surface area (Å²) < 4.78 is 12.7. The molecule has 0 unspecified atom stereocenters. The molecule has 2 aromatic carbocycles. The fourth-order valence-corrected chi connectivity index (χ4v) is 3.22. The summed E-state index contributed by atoms with van der Waals surface area (Å²) >= 11 is 0. The van der Waals surface area contributed by atoms with Crippen LogP contribution in [0.3, 0.4) is 0 Å². The van der Waals surface area contributed by atoms with Gasteiger partial charge < -0.3 is 24.5 Å². The van der Waals surface area contributed by atoms with Gasteiger partial charge in [0.25, 0.3) is 0 Å². The van der Waals surface area contributed by atoms with Gasteiger partial charge in [-0.1, -0.05) is 24.3 Å². The number of hydrogen-bond acceptors (Lipinski definition) is 3. The quantitative estimate of drug-likeness (QED) is 0.576. The SMILES string of the molecule is COc1ccc(CC[NH2+]C[C@@H](O)Cn2ccc3ccccc32)cc1OC. The molecule has 26 heavy (non-hydrogen) atoms. The number of aliphatic hydroxyl groups excluding tert-OH is 1. The van der Waals surface area contributed by atoms with Crippen LogP contribution in [-0.2, 0) is 13.0 Å². The van der Waals surface area contributed by atoms with E-state index in [0.717, 1.165) is 30.0 Å². The van der Waals surface area contributed by atoms with Gasteiger partial charge in [-0.25, -0.2) is 0 Å². The van der Waals surface area contributed by atoms with Crippen LogP contribution in [0.15, 0.2) is 54.7 Å². The Balaban J connectivity index is 1.46. The van der Waals surface area contributed by atoms with E-state index in [4.69, 9.17) is 9.47 Å². The van der Waals surface area contributed by atoms with Crippen molar-refractivity contribution in [3.8, 4) is 11.5 Å². The molecule has 0 saturated heterocycles. The lowest BCUT2D eigenvalue weighted by Crippen LogP contribution is -2.87. The monoisotopic (exact) mass is 355 g/mol. The number of ether oxygens (including phenoxy) is 2. The van der Waals surface area contributed by atoms with Crippen LogP contribution in [-0.4, -0.2) is 43.1 Å². The molecular formula is C21H27N2O3+. The van der Waals surface area contributed by atoms with Crippen LogP contribution in [0.25, 0.3) is 10.9 Å². The molecule has 1 aromatic heterocycles. The molecular weight excluding hydrogens is 328 g/mol. The highest BCUT2D eigenvalue weighted by atomic mass is 16.5. The number of fused-ring (bicyclic) bond motifs is 1. The van der Waals surface area contributed by atoms with Crippen molar-refractivity contribution in [2.45, 2.75) is 19.1 Å². The number of aromatic nitrogens is 1. The number of nitrogens with two attached hydrogens (primary N) is 1. The van der Waals surface area contributed by atoms with E-state index in [1.54, 1.807) is 14.2 Å². The molecule has 0 aliphatic rings. The number of benzene rings is 2. The second-order valence-corrected chi connectivity index (χ2v) is 6.43. The normalized spacial score (nSPS) is 12.3.